The molecule has 0 aliphatic carbocycles. The predicted octanol–water partition coefficient (Wildman–Crippen LogP) is 0.300. The van der Waals surface area contributed by atoms with Crippen LogP contribution < -0.4 is 11.1 Å². The van der Waals surface area contributed by atoms with Crippen molar-refractivity contribution in [2.75, 3.05) is 13.2 Å². The van der Waals surface area contributed by atoms with Crippen LogP contribution in [0.2, 0.25) is 0 Å². The molecule has 94 valence electrons. The molecule has 0 heterocycles. The maximum atomic E-state index is 11.6. The van der Waals surface area contributed by atoms with Crippen LogP contribution in [0.5, 0.6) is 0 Å². The van der Waals surface area contributed by atoms with Crippen molar-refractivity contribution < 1.29 is 14.7 Å². The molecular formula is C10H21N3O3. The first kappa shape index (κ1) is 14.7. The first-order valence-corrected chi connectivity index (χ1v) is 5.23. The lowest BCUT2D eigenvalue weighted by molar-refractivity contribution is -0.124. The Hall–Kier alpha value is -1.30. The summed E-state index contributed by atoms with van der Waals surface area (Å²) in [4.78, 5) is 11.6. The van der Waals surface area contributed by atoms with E-state index < -0.39 is 11.5 Å². The number of ether oxygens (including phenoxy) is 1. The van der Waals surface area contributed by atoms with Crippen LogP contribution in [0.25, 0.3) is 0 Å². The molecule has 6 heteroatoms. The van der Waals surface area contributed by atoms with Crippen LogP contribution in [0.15, 0.2) is 5.16 Å². The topological polar surface area (TPSA) is 96.9 Å². The largest absolute Gasteiger partial charge is 0.409 e. The lowest BCUT2D eigenvalue weighted by Crippen LogP contribution is -2.44. The molecule has 1 amide bonds. The molecule has 0 bridgehead atoms. The molecule has 1 unspecified atom stereocenters. The fourth-order valence-electron chi connectivity index (χ4n) is 1.12. The number of hydrogen-bond acceptors (Lipinski definition) is 4. The average molecular weight is 231 g/mol. The van der Waals surface area contributed by atoms with Gasteiger partial charge in [0, 0.05) is 13.2 Å². The van der Waals surface area contributed by atoms with Gasteiger partial charge in [-0.15, -0.1) is 0 Å². The number of amides is 1. The number of rotatable bonds is 6. The molecule has 0 aliphatic heterocycles. The maximum Gasteiger partial charge on any atom is 0.230 e. The van der Waals surface area contributed by atoms with E-state index in [2.05, 4.69) is 10.5 Å². The summed E-state index contributed by atoms with van der Waals surface area (Å²) in [7, 11) is 0. The van der Waals surface area contributed by atoms with Crippen LogP contribution in [-0.4, -0.2) is 35.7 Å². The van der Waals surface area contributed by atoms with E-state index in [4.69, 9.17) is 15.7 Å². The zero-order chi connectivity index (χ0) is 12.8. The molecule has 4 N–H and O–H groups in total. The molecule has 0 fully saturated rings. The Morgan fingerprint density at radius 1 is 1.62 bits per heavy atom. The van der Waals surface area contributed by atoms with Crippen molar-refractivity contribution in [3.8, 4) is 0 Å². The Morgan fingerprint density at radius 3 is 2.62 bits per heavy atom. The van der Waals surface area contributed by atoms with E-state index in [0.29, 0.717) is 13.2 Å². The van der Waals surface area contributed by atoms with Gasteiger partial charge in [-0.1, -0.05) is 5.16 Å². The SMILES string of the molecule is CCOC(C)(C)CNC(=O)C(C)C(N)=NO. The highest BCUT2D eigenvalue weighted by Gasteiger charge is 2.22. The third kappa shape index (κ3) is 4.97. The first-order valence-electron chi connectivity index (χ1n) is 5.23. The molecule has 6 nitrogen and oxygen atoms in total. The molecule has 16 heavy (non-hydrogen) atoms. The smallest absolute Gasteiger partial charge is 0.230 e. The van der Waals surface area contributed by atoms with Gasteiger partial charge in [-0.2, -0.15) is 0 Å². The van der Waals surface area contributed by atoms with Crippen LogP contribution in [0.3, 0.4) is 0 Å². The van der Waals surface area contributed by atoms with Gasteiger partial charge in [-0.3, -0.25) is 4.79 Å². The molecule has 0 aromatic heterocycles. The number of nitrogens with two attached hydrogens (primary N) is 1. The van der Waals surface area contributed by atoms with Gasteiger partial charge in [-0.25, -0.2) is 0 Å². The Kier molecular flexibility index (Phi) is 5.81. The Balaban J connectivity index is 4.17. The van der Waals surface area contributed by atoms with Gasteiger partial charge in [0.1, 0.15) is 0 Å². The summed E-state index contributed by atoms with van der Waals surface area (Å²) >= 11 is 0. The predicted molar refractivity (Wildman–Crippen MR) is 61.3 cm³/mol. The highest BCUT2D eigenvalue weighted by molar-refractivity contribution is 6.01. The van der Waals surface area contributed by atoms with Crippen LogP contribution in [-0.2, 0) is 9.53 Å². The Morgan fingerprint density at radius 2 is 2.19 bits per heavy atom. The van der Waals surface area contributed by atoms with Crippen molar-refractivity contribution in [1.29, 1.82) is 0 Å². The molecule has 0 radical (unpaired) electrons. The number of carbonyl (C=O) groups is 1. The third-order valence-corrected chi connectivity index (χ3v) is 2.18. The zero-order valence-electron chi connectivity index (χ0n) is 10.3. The average Bonchev–Trinajstić information content (AvgIpc) is 2.23. The minimum atomic E-state index is -0.651. The second kappa shape index (κ2) is 6.32. The van der Waals surface area contributed by atoms with Crippen molar-refractivity contribution in [2.45, 2.75) is 33.3 Å². The van der Waals surface area contributed by atoms with E-state index >= 15 is 0 Å². The van der Waals surface area contributed by atoms with E-state index in [9.17, 15) is 4.79 Å². The number of carbonyl (C=O) groups excluding carboxylic acids is 1. The summed E-state index contributed by atoms with van der Waals surface area (Å²) in [6, 6.07) is 0. The summed E-state index contributed by atoms with van der Waals surface area (Å²) in [5.74, 6) is -1.04. The zero-order valence-corrected chi connectivity index (χ0v) is 10.3. The monoisotopic (exact) mass is 231 g/mol. The number of nitrogens with zero attached hydrogens (tertiary/aromatic N) is 1. The normalized spacial score (nSPS) is 14.6. The van der Waals surface area contributed by atoms with E-state index in [-0.39, 0.29) is 11.7 Å². The lowest BCUT2D eigenvalue weighted by Gasteiger charge is -2.25. The van der Waals surface area contributed by atoms with E-state index in [1.165, 1.54) is 0 Å². The fraction of sp³-hybridized carbons (Fsp3) is 0.800. The van der Waals surface area contributed by atoms with Gasteiger partial charge in [0.05, 0.1) is 11.5 Å². The number of amidine groups is 1. The molecule has 0 aliphatic rings. The van der Waals surface area contributed by atoms with Crippen molar-refractivity contribution in [3.05, 3.63) is 0 Å². The van der Waals surface area contributed by atoms with Crippen LogP contribution >= 0.6 is 0 Å². The highest BCUT2D eigenvalue weighted by atomic mass is 16.5. The van der Waals surface area contributed by atoms with Crippen molar-refractivity contribution in [2.24, 2.45) is 16.8 Å². The van der Waals surface area contributed by atoms with Gasteiger partial charge in [0.25, 0.3) is 0 Å². The van der Waals surface area contributed by atoms with Crippen molar-refractivity contribution >= 4 is 11.7 Å². The fourth-order valence-corrected chi connectivity index (χ4v) is 1.12. The molecular weight excluding hydrogens is 210 g/mol. The van der Waals surface area contributed by atoms with Gasteiger partial charge >= 0.3 is 0 Å². The number of nitrogens with one attached hydrogen (secondary N) is 1. The van der Waals surface area contributed by atoms with Crippen molar-refractivity contribution in [1.82, 2.24) is 5.32 Å². The summed E-state index contributed by atoms with van der Waals surface area (Å²) in [6.07, 6.45) is 0. The lowest BCUT2D eigenvalue weighted by atomic mass is 10.1. The van der Waals surface area contributed by atoms with Gasteiger partial charge in [-0.05, 0) is 27.7 Å². The van der Waals surface area contributed by atoms with E-state index in [0.717, 1.165) is 0 Å². The van der Waals surface area contributed by atoms with Gasteiger partial charge in [0.2, 0.25) is 5.91 Å². The van der Waals surface area contributed by atoms with Crippen molar-refractivity contribution in [3.63, 3.8) is 0 Å². The van der Waals surface area contributed by atoms with E-state index in [1.54, 1.807) is 6.92 Å². The standard InChI is InChI=1S/C10H21N3O3/c1-5-16-10(3,4)6-12-9(14)7(2)8(11)13-15/h7,15H,5-6H2,1-4H3,(H2,11,13)(H,12,14). The maximum absolute atomic E-state index is 11.6. The molecule has 0 spiro atoms. The second-order valence-corrected chi connectivity index (χ2v) is 4.16. The highest BCUT2D eigenvalue weighted by Crippen LogP contribution is 2.07. The van der Waals surface area contributed by atoms with Crippen LogP contribution in [0, 0.1) is 5.92 Å². The Labute approximate surface area is 95.8 Å². The Bertz CT molecular complexity index is 264. The summed E-state index contributed by atoms with van der Waals surface area (Å²) in [5, 5.41) is 13.9. The summed E-state index contributed by atoms with van der Waals surface area (Å²) in [5.41, 5.74) is 4.90. The summed E-state index contributed by atoms with van der Waals surface area (Å²) in [6.45, 7) is 8.18. The molecule has 0 rings (SSSR count). The third-order valence-electron chi connectivity index (χ3n) is 2.18. The van der Waals surface area contributed by atoms with Gasteiger partial charge in [0.15, 0.2) is 5.84 Å². The number of oxime groups is 1. The molecule has 0 saturated heterocycles. The molecule has 0 aromatic rings. The van der Waals surface area contributed by atoms with Gasteiger partial charge < -0.3 is 21.0 Å². The van der Waals surface area contributed by atoms with E-state index in [1.807, 2.05) is 20.8 Å². The summed E-state index contributed by atoms with van der Waals surface area (Å²) < 4.78 is 5.42. The molecule has 0 saturated carbocycles. The quantitative estimate of drug-likeness (QED) is 0.265. The molecule has 0 aromatic carbocycles. The minimum absolute atomic E-state index is 0.105. The minimum Gasteiger partial charge on any atom is -0.409 e. The second-order valence-electron chi connectivity index (χ2n) is 4.16. The van der Waals surface area contributed by atoms with Crippen LogP contribution in [0.1, 0.15) is 27.7 Å². The molecule has 1 atom stereocenters. The number of hydrogen-bond donors (Lipinski definition) is 3. The first-order chi connectivity index (χ1) is 7.34. The van der Waals surface area contributed by atoms with Crippen LogP contribution in [0.4, 0.5) is 0 Å².